The highest BCUT2D eigenvalue weighted by molar-refractivity contribution is 5.42. The van der Waals surface area contributed by atoms with Gasteiger partial charge in [0.05, 0.1) is 0 Å². The summed E-state index contributed by atoms with van der Waals surface area (Å²) in [6.07, 6.45) is 0. The Morgan fingerprint density at radius 3 is 2.67 bits per heavy atom. The summed E-state index contributed by atoms with van der Waals surface area (Å²) in [7, 11) is 2.18. The molecular weight excluding hydrogens is 229 g/mol. The molecule has 1 aliphatic heterocycles. The average molecular weight is 251 g/mol. The van der Waals surface area contributed by atoms with Crippen LogP contribution in [0.1, 0.15) is 6.92 Å². The molecule has 1 heterocycles. The zero-order valence-electron chi connectivity index (χ0n) is 11.2. The molecule has 0 saturated carbocycles. The SMILES string of the molecule is CC1CN(CCNc2ccc(F)cc2)CCN1C. The first kappa shape index (κ1) is 13.3. The van der Waals surface area contributed by atoms with Gasteiger partial charge in [0.2, 0.25) is 0 Å². The number of nitrogens with one attached hydrogen (secondary N) is 1. The summed E-state index contributed by atoms with van der Waals surface area (Å²) in [4.78, 5) is 4.87. The van der Waals surface area contributed by atoms with E-state index in [0.29, 0.717) is 6.04 Å². The van der Waals surface area contributed by atoms with Crippen molar-refractivity contribution in [3.8, 4) is 0 Å². The zero-order valence-corrected chi connectivity index (χ0v) is 11.2. The van der Waals surface area contributed by atoms with Crippen LogP contribution in [-0.2, 0) is 0 Å². The van der Waals surface area contributed by atoms with Gasteiger partial charge in [-0.3, -0.25) is 4.90 Å². The van der Waals surface area contributed by atoms with Crippen molar-refractivity contribution < 1.29 is 4.39 Å². The molecule has 2 rings (SSSR count). The van der Waals surface area contributed by atoms with Crippen LogP contribution in [-0.4, -0.2) is 55.6 Å². The van der Waals surface area contributed by atoms with Gasteiger partial charge in [0.1, 0.15) is 5.82 Å². The number of nitrogens with zero attached hydrogens (tertiary/aromatic N) is 2. The summed E-state index contributed by atoms with van der Waals surface area (Å²) >= 11 is 0. The lowest BCUT2D eigenvalue weighted by atomic mass is 10.2. The maximum absolute atomic E-state index is 12.7. The van der Waals surface area contributed by atoms with Gasteiger partial charge in [0.25, 0.3) is 0 Å². The van der Waals surface area contributed by atoms with Gasteiger partial charge < -0.3 is 10.2 Å². The molecule has 1 N–H and O–H groups in total. The van der Waals surface area contributed by atoms with Crippen LogP contribution in [0.25, 0.3) is 0 Å². The van der Waals surface area contributed by atoms with Crippen molar-refractivity contribution in [1.29, 1.82) is 0 Å². The Balaban J connectivity index is 1.71. The lowest BCUT2D eigenvalue weighted by Crippen LogP contribution is -2.50. The van der Waals surface area contributed by atoms with Crippen LogP contribution in [0.3, 0.4) is 0 Å². The fourth-order valence-corrected chi connectivity index (χ4v) is 2.25. The largest absolute Gasteiger partial charge is 0.384 e. The molecule has 0 aromatic heterocycles. The third-order valence-electron chi connectivity index (χ3n) is 3.65. The van der Waals surface area contributed by atoms with Crippen molar-refractivity contribution in [2.24, 2.45) is 0 Å². The van der Waals surface area contributed by atoms with Gasteiger partial charge in [-0.05, 0) is 38.2 Å². The third-order valence-corrected chi connectivity index (χ3v) is 3.65. The van der Waals surface area contributed by atoms with Crippen LogP contribution in [0, 0.1) is 5.82 Å². The Hall–Kier alpha value is -1.13. The van der Waals surface area contributed by atoms with Crippen LogP contribution >= 0.6 is 0 Å². The minimum atomic E-state index is -0.187. The van der Waals surface area contributed by atoms with Crippen molar-refractivity contribution >= 4 is 5.69 Å². The van der Waals surface area contributed by atoms with Gasteiger partial charge in [-0.15, -0.1) is 0 Å². The Morgan fingerprint density at radius 2 is 2.00 bits per heavy atom. The van der Waals surface area contributed by atoms with Gasteiger partial charge in [0.15, 0.2) is 0 Å². The van der Waals surface area contributed by atoms with E-state index in [4.69, 9.17) is 0 Å². The van der Waals surface area contributed by atoms with E-state index in [1.807, 2.05) is 0 Å². The van der Waals surface area contributed by atoms with Gasteiger partial charge in [-0.2, -0.15) is 0 Å². The number of benzene rings is 1. The van der Waals surface area contributed by atoms with Crippen LogP contribution in [0.4, 0.5) is 10.1 Å². The minimum absolute atomic E-state index is 0.187. The van der Waals surface area contributed by atoms with Crippen LogP contribution in [0.5, 0.6) is 0 Å². The Labute approximate surface area is 109 Å². The standard InChI is InChI=1S/C14H22FN3/c1-12-11-18(10-9-17(12)2)8-7-16-14-5-3-13(15)4-6-14/h3-6,12,16H,7-11H2,1-2H3. The molecule has 1 aromatic rings. The molecule has 1 fully saturated rings. The fourth-order valence-electron chi connectivity index (χ4n) is 2.25. The van der Waals surface area contributed by atoms with E-state index >= 15 is 0 Å². The van der Waals surface area contributed by atoms with E-state index in [1.54, 1.807) is 12.1 Å². The number of halogens is 1. The van der Waals surface area contributed by atoms with Gasteiger partial charge in [0, 0.05) is 44.5 Å². The summed E-state index contributed by atoms with van der Waals surface area (Å²) in [6.45, 7) is 7.60. The monoisotopic (exact) mass is 251 g/mol. The Kier molecular flexibility index (Phi) is 4.55. The van der Waals surface area contributed by atoms with Gasteiger partial charge in [-0.25, -0.2) is 4.39 Å². The highest BCUT2D eigenvalue weighted by Gasteiger charge is 2.19. The molecule has 100 valence electrons. The molecule has 0 radical (unpaired) electrons. The summed E-state index contributed by atoms with van der Waals surface area (Å²) in [6, 6.07) is 7.16. The molecule has 3 nitrogen and oxygen atoms in total. The second-order valence-corrected chi connectivity index (χ2v) is 5.06. The zero-order chi connectivity index (χ0) is 13.0. The summed E-state index contributed by atoms with van der Waals surface area (Å²) in [5.74, 6) is -0.187. The summed E-state index contributed by atoms with van der Waals surface area (Å²) < 4.78 is 12.7. The average Bonchev–Trinajstić information content (AvgIpc) is 2.36. The molecule has 0 spiro atoms. The van der Waals surface area contributed by atoms with Crippen molar-refractivity contribution in [3.05, 3.63) is 30.1 Å². The maximum Gasteiger partial charge on any atom is 0.123 e. The van der Waals surface area contributed by atoms with E-state index in [2.05, 4.69) is 29.1 Å². The lowest BCUT2D eigenvalue weighted by Gasteiger charge is -2.37. The van der Waals surface area contributed by atoms with Gasteiger partial charge >= 0.3 is 0 Å². The summed E-state index contributed by atoms with van der Waals surface area (Å²) in [5, 5.41) is 3.32. The molecular formula is C14H22FN3. The molecule has 0 bridgehead atoms. The normalized spacial score (nSPS) is 22.1. The number of anilines is 1. The second-order valence-electron chi connectivity index (χ2n) is 5.06. The smallest absolute Gasteiger partial charge is 0.123 e. The topological polar surface area (TPSA) is 18.5 Å². The molecule has 0 amide bonds. The molecule has 1 aromatic carbocycles. The van der Waals surface area contributed by atoms with Crippen molar-refractivity contribution in [1.82, 2.24) is 9.80 Å². The first-order valence-electron chi connectivity index (χ1n) is 6.57. The van der Waals surface area contributed by atoms with E-state index in [9.17, 15) is 4.39 Å². The molecule has 18 heavy (non-hydrogen) atoms. The highest BCUT2D eigenvalue weighted by Crippen LogP contribution is 2.09. The van der Waals surface area contributed by atoms with Crippen LogP contribution < -0.4 is 5.32 Å². The first-order valence-corrected chi connectivity index (χ1v) is 6.57. The predicted molar refractivity (Wildman–Crippen MR) is 73.4 cm³/mol. The van der Waals surface area contributed by atoms with Crippen molar-refractivity contribution in [2.75, 3.05) is 45.1 Å². The number of hydrogen-bond donors (Lipinski definition) is 1. The molecule has 1 aliphatic rings. The highest BCUT2D eigenvalue weighted by atomic mass is 19.1. The van der Waals surface area contributed by atoms with Crippen LogP contribution in [0.2, 0.25) is 0 Å². The third kappa shape index (κ3) is 3.68. The van der Waals surface area contributed by atoms with E-state index in [0.717, 1.165) is 38.4 Å². The van der Waals surface area contributed by atoms with Crippen molar-refractivity contribution in [3.63, 3.8) is 0 Å². The second kappa shape index (κ2) is 6.16. The quantitative estimate of drug-likeness (QED) is 0.881. The fraction of sp³-hybridized carbons (Fsp3) is 0.571. The maximum atomic E-state index is 12.7. The van der Waals surface area contributed by atoms with Crippen LogP contribution in [0.15, 0.2) is 24.3 Å². The molecule has 0 aliphatic carbocycles. The van der Waals surface area contributed by atoms with Gasteiger partial charge in [-0.1, -0.05) is 0 Å². The molecule has 1 saturated heterocycles. The first-order chi connectivity index (χ1) is 8.65. The minimum Gasteiger partial charge on any atom is -0.384 e. The number of hydrogen-bond acceptors (Lipinski definition) is 3. The molecule has 1 unspecified atom stereocenters. The van der Waals surface area contributed by atoms with E-state index < -0.39 is 0 Å². The molecule has 4 heteroatoms. The summed E-state index contributed by atoms with van der Waals surface area (Å²) in [5.41, 5.74) is 0.985. The lowest BCUT2D eigenvalue weighted by molar-refractivity contribution is 0.108. The number of rotatable bonds is 4. The van der Waals surface area contributed by atoms with E-state index in [1.165, 1.54) is 12.1 Å². The molecule has 1 atom stereocenters. The number of likely N-dealkylation sites (N-methyl/N-ethyl adjacent to an activating group) is 1. The predicted octanol–water partition coefficient (Wildman–Crippen LogP) is 1.87. The Morgan fingerprint density at radius 1 is 1.28 bits per heavy atom. The number of piperazine rings is 1. The van der Waals surface area contributed by atoms with E-state index in [-0.39, 0.29) is 5.82 Å². The Bertz CT molecular complexity index is 366. The van der Waals surface area contributed by atoms with Crippen molar-refractivity contribution in [2.45, 2.75) is 13.0 Å².